The monoisotopic (exact) mass is 1100 g/mol. The molecular weight excluding hydrogens is 959 g/mol. The van der Waals surface area contributed by atoms with Crippen LogP contribution in [-0.2, 0) is 4.79 Å². The van der Waals surface area contributed by atoms with Gasteiger partial charge in [-0.1, -0.05) is 359 Å². The van der Waals surface area contributed by atoms with Crippen LogP contribution in [0.3, 0.4) is 0 Å². The number of allylic oxidation sites excluding steroid dienone is 6. The third-order valence-electron chi connectivity index (χ3n) is 16.8. The van der Waals surface area contributed by atoms with E-state index in [4.69, 9.17) is 0 Å². The molecule has 0 radical (unpaired) electrons. The fraction of sp³-hybridized carbons (Fsp3) is 0.903. The zero-order chi connectivity index (χ0) is 56.6. The molecule has 0 heterocycles. The minimum atomic E-state index is -1.29. The normalized spacial score (nSPS) is 13.7. The third kappa shape index (κ3) is 59.2. The average Bonchev–Trinajstić information content (AvgIpc) is 3.45. The molecule has 0 aliphatic carbocycles. The first-order valence-electron chi connectivity index (χ1n) is 35.4. The van der Waals surface area contributed by atoms with E-state index < -0.39 is 36.9 Å². The summed E-state index contributed by atoms with van der Waals surface area (Å²) >= 11 is 0. The van der Waals surface area contributed by atoms with Gasteiger partial charge in [-0.05, 0) is 64.2 Å². The highest BCUT2D eigenvalue weighted by molar-refractivity contribution is 5.80. The third-order valence-corrected chi connectivity index (χ3v) is 16.8. The molecule has 0 bridgehead atoms. The van der Waals surface area contributed by atoms with Gasteiger partial charge in [-0.3, -0.25) is 4.79 Å². The molecule has 0 aliphatic rings. The van der Waals surface area contributed by atoms with E-state index in [0.717, 1.165) is 51.4 Å². The van der Waals surface area contributed by atoms with Crippen molar-refractivity contribution < 1.29 is 25.2 Å². The lowest BCUT2D eigenvalue weighted by molar-refractivity contribution is -0.132. The van der Waals surface area contributed by atoms with Crippen molar-refractivity contribution in [3.05, 3.63) is 36.5 Å². The number of carbonyl (C=O) groups is 1. The summed E-state index contributed by atoms with van der Waals surface area (Å²) in [6.07, 6.45) is 85.7. The predicted octanol–water partition coefficient (Wildman–Crippen LogP) is 21.9. The lowest BCUT2D eigenvalue weighted by atomic mass is 10.00. The van der Waals surface area contributed by atoms with E-state index in [1.165, 1.54) is 302 Å². The first kappa shape index (κ1) is 76.5. The summed E-state index contributed by atoms with van der Waals surface area (Å²) in [6, 6.07) is -1.01. The molecule has 0 fully saturated rings. The molecule has 1 amide bonds. The number of nitrogens with one attached hydrogen (secondary N) is 1. The Morgan fingerprint density at radius 1 is 0.308 bits per heavy atom. The molecule has 462 valence electrons. The maximum Gasteiger partial charge on any atom is 0.249 e. The summed E-state index contributed by atoms with van der Waals surface area (Å²) in [4.78, 5) is 12.7. The minimum Gasteiger partial charge on any atom is -0.394 e. The highest BCUT2D eigenvalue weighted by Gasteiger charge is 2.28. The lowest BCUT2D eigenvalue weighted by Crippen LogP contribution is -2.53. The van der Waals surface area contributed by atoms with Crippen LogP contribution in [0.25, 0.3) is 0 Å². The molecule has 4 unspecified atom stereocenters. The van der Waals surface area contributed by atoms with Crippen LogP contribution in [0.5, 0.6) is 0 Å². The van der Waals surface area contributed by atoms with Gasteiger partial charge in [0.25, 0.3) is 0 Å². The molecule has 78 heavy (non-hydrogen) atoms. The van der Waals surface area contributed by atoms with Crippen molar-refractivity contribution in [2.24, 2.45) is 0 Å². The first-order chi connectivity index (χ1) is 38.5. The molecule has 0 spiro atoms. The summed E-state index contributed by atoms with van der Waals surface area (Å²) < 4.78 is 0. The van der Waals surface area contributed by atoms with Crippen LogP contribution in [0.2, 0.25) is 0 Å². The molecule has 0 saturated heterocycles. The van der Waals surface area contributed by atoms with E-state index >= 15 is 0 Å². The Hall–Kier alpha value is -1.47. The van der Waals surface area contributed by atoms with E-state index in [-0.39, 0.29) is 0 Å². The zero-order valence-electron chi connectivity index (χ0n) is 52.7. The van der Waals surface area contributed by atoms with Crippen molar-refractivity contribution in [3.8, 4) is 0 Å². The summed E-state index contributed by atoms with van der Waals surface area (Å²) in [5, 5.41) is 44.2. The molecule has 0 aliphatic heterocycles. The summed E-state index contributed by atoms with van der Waals surface area (Å²) in [5.41, 5.74) is 0. The topological polar surface area (TPSA) is 110 Å². The van der Waals surface area contributed by atoms with Gasteiger partial charge < -0.3 is 25.7 Å². The van der Waals surface area contributed by atoms with Gasteiger partial charge in [-0.15, -0.1) is 0 Å². The van der Waals surface area contributed by atoms with Gasteiger partial charge in [-0.25, -0.2) is 0 Å². The summed E-state index contributed by atoms with van der Waals surface area (Å²) in [5.74, 6) is -0.592. The van der Waals surface area contributed by atoms with Gasteiger partial charge in [0, 0.05) is 0 Å². The second kappa shape index (κ2) is 66.3. The molecule has 0 aromatic carbocycles. The fourth-order valence-corrected chi connectivity index (χ4v) is 11.3. The number of aliphatic hydroxyl groups excluding tert-OH is 4. The Kier molecular flexibility index (Phi) is 65.1. The van der Waals surface area contributed by atoms with Crippen molar-refractivity contribution in [3.63, 3.8) is 0 Å². The van der Waals surface area contributed by atoms with Crippen molar-refractivity contribution in [1.29, 1.82) is 0 Å². The van der Waals surface area contributed by atoms with Gasteiger partial charge in [0.05, 0.1) is 18.8 Å². The zero-order valence-corrected chi connectivity index (χ0v) is 52.7. The molecule has 0 aromatic rings. The van der Waals surface area contributed by atoms with E-state index in [1.807, 2.05) is 0 Å². The summed E-state index contributed by atoms with van der Waals surface area (Å²) in [7, 11) is 0. The SMILES string of the molecule is CCCCCCCCCCCCCCC/C=C/CC/C=C/CC/C=C/CCCC(O)C(O)C(CO)NC(=O)C(O)CCCCCCCCCCCCCCCCCCCCCCCCCCCCCCCCCCCCCC. The van der Waals surface area contributed by atoms with Crippen LogP contribution in [0.1, 0.15) is 386 Å². The van der Waals surface area contributed by atoms with Gasteiger partial charge in [0.1, 0.15) is 12.2 Å². The molecule has 0 rings (SSSR count). The van der Waals surface area contributed by atoms with Crippen LogP contribution in [0.4, 0.5) is 0 Å². The standard InChI is InChI=1S/C72H139NO5/c1-3-5-7-9-11-13-15-17-19-21-23-25-27-29-31-32-33-34-35-36-37-38-39-40-42-44-46-48-50-52-54-56-58-60-62-64-66-70(76)72(78)73-68(67-74)71(77)69(75)65-63-61-59-57-55-53-51-49-47-45-43-41-30-28-26-24-22-20-18-16-14-12-10-8-6-4-2/h41,43,49,51,57,59,68-71,74-77H,3-40,42,44-48,50,52-56,58,60-67H2,1-2H3,(H,73,78)/b43-41+,51-49+,59-57+. The van der Waals surface area contributed by atoms with Crippen LogP contribution >= 0.6 is 0 Å². The van der Waals surface area contributed by atoms with Crippen LogP contribution in [-0.4, -0.2) is 57.3 Å². The first-order valence-corrected chi connectivity index (χ1v) is 35.4. The lowest BCUT2D eigenvalue weighted by Gasteiger charge is -2.27. The Morgan fingerprint density at radius 3 is 0.808 bits per heavy atom. The number of aliphatic hydroxyl groups is 4. The predicted molar refractivity (Wildman–Crippen MR) is 344 cm³/mol. The highest BCUT2D eigenvalue weighted by Crippen LogP contribution is 2.19. The van der Waals surface area contributed by atoms with E-state index in [2.05, 4.69) is 55.6 Å². The van der Waals surface area contributed by atoms with Crippen LogP contribution < -0.4 is 5.32 Å². The Balaban J connectivity index is 3.56. The maximum atomic E-state index is 12.7. The van der Waals surface area contributed by atoms with E-state index in [1.54, 1.807) is 0 Å². The number of rotatable bonds is 66. The number of hydrogen-bond acceptors (Lipinski definition) is 5. The Bertz CT molecular complexity index is 1230. The quantitative estimate of drug-likeness (QED) is 0.0308. The number of amides is 1. The molecule has 6 heteroatoms. The van der Waals surface area contributed by atoms with E-state index in [0.29, 0.717) is 19.3 Å². The molecular formula is C72H139NO5. The Labute approximate surface area is 487 Å². The van der Waals surface area contributed by atoms with Gasteiger partial charge in [0.2, 0.25) is 5.91 Å². The molecule has 5 N–H and O–H groups in total. The maximum absolute atomic E-state index is 12.7. The fourth-order valence-electron chi connectivity index (χ4n) is 11.3. The summed E-state index contributed by atoms with van der Waals surface area (Å²) in [6.45, 7) is 4.09. The number of unbranched alkanes of at least 4 members (excludes halogenated alkanes) is 51. The molecule has 6 nitrogen and oxygen atoms in total. The minimum absolute atomic E-state index is 0.362. The second-order valence-electron chi connectivity index (χ2n) is 24.6. The molecule has 0 saturated carbocycles. The average molecular weight is 1100 g/mol. The van der Waals surface area contributed by atoms with Gasteiger partial charge in [0.15, 0.2) is 0 Å². The van der Waals surface area contributed by atoms with Crippen molar-refractivity contribution >= 4 is 5.91 Å². The smallest absolute Gasteiger partial charge is 0.249 e. The van der Waals surface area contributed by atoms with Gasteiger partial charge >= 0.3 is 0 Å². The molecule has 4 atom stereocenters. The van der Waals surface area contributed by atoms with Crippen molar-refractivity contribution in [1.82, 2.24) is 5.32 Å². The highest BCUT2D eigenvalue weighted by atomic mass is 16.3. The van der Waals surface area contributed by atoms with E-state index in [9.17, 15) is 25.2 Å². The molecule has 0 aromatic heterocycles. The van der Waals surface area contributed by atoms with Crippen LogP contribution in [0.15, 0.2) is 36.5 Å². The van der Waals surface area contributed by atoms with Crippen molar-refractivity contribution in [2.45, 2.75) is 411 Å². The second-order valence-corrected chi connectivity index (χ2v) is 24.6. The Morgan fingerprint density at radius 2 is 0.538 bits per heavy atom. The largest absolute Gasteiger partial charge is 0.394 e. The van der Waals surface area contributed by atoms with Crippen molar-refractivity contribution in [2.75, 3.05) is 6.61 Å². The van der Waals surface area contributed by atoms with Crippen LogP contribution in [0, 0.1) is 0 Å². The number of hydrogen-bond donors (Lipinski definition) is 5. The van der Waals surface area contributed by atoms with Gasteiger partial charge in [-0.2, -0.15) is 0 Å². The number of carbonyl (C=O) groups excluding carboxylic acids is 1.